The van der Waals surface area contributed by atoms with E-state index in [9.17, 15) is 9.90 Å². The van der Waals surface area contributed by atoms with Gasteiger partial charge in [0.25, 0.3) is 5.91 Å². The van der Waals surface area contributed by atoms with Crippen LogP contribution in [0.1, 0.15) is 10.4 Å². The molecule has 1 atom stereocenters. The van der Waals surface area contributed by atoms with Gasteiger partial charge in [-0.25, -0.2) is 0 Å². The van der Waals surface area contributed by atoms with Crippen LogP contribution in [-0.4, -0.2) is 59.0 Å². The van der Waals surface area contributed by atoms with Gasteiger partial charge in [-0.1, -0.05) is 11.6 Å². The molecule has 0 radical (unpaired) electrons. The fourth-order valence-corrected chi connectivity index (χ4v) is 1.54. The molecule has 1 heterocycles. The minimum atomic E-state index is -0.607. The summed E-state index contributed by atoms with van der Waals surface area (Å²) in [5.41, 5.74) is 0.311. The summed E-state index contributed by atoms with van der Waals surface area (Å²) in [4.78, 5) is 13.5. The second-order valence-electron chi connectivity index (χ2n) is 4.10. The maximum atomic E-state index is 11.7. The number of aliphatic hydroxyl groups is 1. The summed E-state index contributed by atoms with van der Waals surface area (Å²) >= 11 is 5.87. The first-order valence-corrected chi connectivity index (χ1v) is 5.58. The fraction of sp³-hybridized carbons (Fsp3) is 0.600. The number of halogens is 1. The van der Waals surface area contributed by atoms with Gasteiger partial charge in [-0.05, 0) is 14.1 Å². The van der Waals surface area contributed by atoms with Crippen molar-refractivity contribution in [3.63, 3.8) is 0 Å². The summed E-state index contributed by atoms with van der Waals surface area (Å²) in [5.74, 6) is -0.332. The van der Waals surface area contributed by atoms with E-state index in [4.69, 9.17) is 11.6 Å². The Balaban J connectivity index is 2.48. The number of nitrogens with zero attached hydrogens (tertiary/aromatic N) is 3. The predicted octanol–water partition coefficient (Wildman–Crippen LogP) is -0.274. The van der Waals surface area contributed by atoms with Gasteiger partial charge in [0.15, 0.2) is 0 Å². The van der Waals surface area contributed by atoms with Crippen LogP contribution in [0.3, 0.4) is 0 Å². The molecule has 0 aliphatic carbocycles. The SMILES string of the molecule is CN(C)CC(O)CNC(=O)c1cnn(C)c1Cl. The standard InChI is InChI=1S/C10H17ClN4O2/c1-14(2)6-7(16)4-12-10(17)8-5-13-15(3)9(8)11/h5,7,16H,4,6H2,1-3H3,(H,12,17). The van der Waals surface area contributed by atoms with Crippen LogP contribution < -0.4 is 5.32 Å². The van der Waals surface area contributed by atoms with E-state index in [0.717, 1.165) is 0 Å². The lowest BCUT2D eigenvalue weighted by Gasteiger charge is -2.16. The number of hydrogen-bond acceptors (Lipinski definition) is 4. The first-order chi connectivity index (χ1) is 7.91. The summed E-state index contributed by atoms with van der Waals surface area (Å²) in [6, 6.07) is 0. The molecular formula is C10H17ClN4O2. The van der Waals surface area contributed by atoms with Crippen LogP contribution in [-0.2, 0) is 7.05 Å². The molecule has 1 aromatic rings. The van der Waals surface area contributed by atoms with Gasteiger partial charge in [-0.3, -0.25) is 9.48 Å². The minimum absolute atomic E-state index is 0.183. The normalized spacial score (nSPS) is 12.8. The average Bonchev–Trinajstić information content (AvgIpc) is 2.55. The zero-order chi connectivity index (χ0) is 13.0. The van der Waals surface area contributed by atoms with Gasteiger partial charge in [-0.15, -0.1) is 0 Å². The van der Waals surface area contributed by atoms with Crippen molar-refractivity contribution in [2.75, 3.05) is 27.2 Å². The number of carbonyl (C=O) groups is 1. The third kappa shape index (κ3) is 3.99. The Bertz CT molecular complexity index is 392. The van der Waals surface area contributed by atoms with Gasteiger partial charge < -0.3 is 15.3 Å². The Morgan fingerprint density at radius 3 is 2.82 bits per heavy atom. The number of likely N-dealkylation sites (N-methyl/N-ethyl adjacent to an activating group) is 1. The van der Waals surface area contributed by atoms with Crippen LogP contribution in [0, 0.1) is 0 Å². The van der Waals surface area contributed by atoms with E-state index >= 15 is 0 Å². The Hall–Kier alpha value is -1.11. The number of amides is 1. The summed E-state index contributed by atoms with van der Waals surface area (Å²) in [6.45, 7) is 0.670. The molecule has 7 heteroatoms. The zero-order valence-corrected chi connectivity index (χ0v) is 10.9. The van der Waals surface area contributed by atoms with E-state index in [0.29, 0.717) is 12.1 Å². The molecule has 0 bridgehead atoms. The van der Waals surface area contributed by atoms with Crippen LogP contribution in [0.15, 0.2) is 6.20 Å². The third-order valence-electron chi connectivity index (χ3n) is 2.19. The van der Waals surface area contributed by atoms with Crippen LogP contribution in [0.25, 0.3) is 0 Å². The van der Waals surface area contributed by atoms with Crippen LogP contribution in [0.2, 0.25) is 5.15 Å². The highest BCUT2D eigenvalue weighted by molar-refractivity contribution is 6.32. The maximum Gasteiger partial charge on any atom is 0.256 e. The molecule has 1 unspecified atom stereocenters. The molecule has 1 aromatic heterocycles. The zero-order valence-electron chi connectivity index (χ0n) is 10.1. The molecule has 0 aromatic carbocycles. The molecule has 0 aliphatic rings. The van der Waals surface area contributed by atoms with Gasteiger partial charge in [0.05, 0.1) is 17.9 Å². The predicted molar refractivity (Wildman–Crippen MR) is 65.1 cm³/mol. The first kappa shape index (κ1) is 14.0. The molecular weight excluding hydrogens is 244 g/mol. The van der Waals surface area contributed by atoms with Crippen molar-refractivity contribution in [1.29, 1.82) is 0 Å². The van der Waals surface area contributed by atoms with Gasteiger partial charge >= 0.3 is 0 Å². The highest BCUT2D eigenvalue weighted by atomic mass is 35.5. The quantitative estimate of drug-likeness (QED) is 0.764. The molecule has 0 saturated heterocycles. The molecule has 1 amide bonds. The van der Waals surface area contributed by atoms with Crippen LogP contribution in [0.5, 0.6) is 0 Å². The molecule has 1 rings (SSSR count). The highest BCUT2D eigenvalue weighted by Crippen LogP contribution is 2.13. The maximum absolute atomic E-state index is 11.7. The largest absolute Gasteiger partial charge is 0.390 e. The summed E-state index contributed by atoms with van der Waals surface area (Å²) in [7, 11) is 5.35. The molecule has 0 spiro atoms. The lowest BCUT2D eigenvalue weighted by Crippen LogP contribution is -2.37. The van der Waals surface area contributed by atoms with E-state index < -0.39 is 6.10 Å². The number of nitrogens with one attached hydrogen (secondary N) is 1. The van der Waals surface area contributed by atoms with Crippen molar-refractivity contribution in [1.82, 2.24) is 20.0 Å². The third-order valence-corrected chi connectivity index (χ3v) is 2.63. The van der Waals surface area contributed by atoms with Crippen molar-refractivity contribution in [2.45, 2.75) is 6.10 Å². The topological polar surface area (TPSA) is 70.4 Å². The molecule has 17 heavy (non-hydrogen) atoms. The lowest BCUT2D eigenvalue weighted by molar-refractivity contribution is 0.0892. The molecule has 96 valence electrons. The monoisotopic (exact) mass is 260 g/mol. The van der Waals surface area contributed by atoms with E-state index in [1.165, 1.54) is 10.9 Å². The van der Waals surface area contributed by atoms with E-state index in [-0.39, 0.29) is 17.6 Å². The highest BCUT2D eigenvalue weighted by Gasteiger charge is 2.15. The lowest BCUT2D eigenvalue weighted by atomic mass is 10.3. The van der Waals surface area contributed by atoms with E-state index in [2.05, 4.69) is 10.4 Å². The van der Waals surface area contributed by atoms with E-state index in [1.54, 1.807) is 7.05 Å². The molecule has 2 N–H and O–H groups in total. The van der Waals surface area contributed by atoms with E-state index in [1.807, 2.05) is 19.0 Å². The summed E-state index contributed by atoms with van der Waals surface area (Å²) in [6.07, 6.45) is 0.792. The Morgan fingerprint density at radius 2 is 2.35 bits per heavy atom. The minimum Gasteiger partial charge on any atom is -0.390 e. The summed E-state index contributed by atoms with van der Waals surface area (Å²) in [5, 5.41) is 16.3. The molecule has 0 aliphatic heterocycles. The van der Waals surface area contributed by atoms with Gasteiger partial charge in [-0.2, -0.15) is 5.10 Å². The van der Waals surface area contributed by atoms with Gasteiger partial charge in [0.2, 0.25) is 0 Å². The van der Waals surface area contributed by atoms with Crippen molar-refractivity contribution < 1.29 is 9.90 Å². The fourth-order valence-electron chi connectivity index (χ4n) is 1.37. The Kier molecular flexibility index (Phi) is 4.92. The Morgan fingerprint density at radius 1 is 1.71 bits per heavy atom. The Labute approximate surface area is 105 Å². The molecule has 6 nitrogen and oxygen atoms in total. The number of aryl methyl sites for hydroxylation is 1. The number of aromatic nitrogens is 2. The van der Waals surface area contributed by atoms with Crippen molar-refractivity contribution in [3.8, 4) is 0 Å². The number of hydrogen-bond donors (Lipinski definition) is 2. The molecule has 0 saturated carbocycles. The smallest absolute Gasteiger partial charge is 0.256 e. The number of aliphatic hydroxyl groups excluding tert-OH is 1. The second kappa shape index (κ2) is 6.00. The van der Waals surface area contributed by atoms with Crippen LogP contribution in [0.4, 0.5) is 0 Å². The van der Waals surface area contributed by atoms with Crippen molar-refractivity contribution >= 4 is 17.5 Å². The van der Waals surface area contributed by atoms with Gasteiger partial charge in [0, 0.05) is 20.1 Å². The van der Waals surface area contributed by atoms with Crippen molar-refractivity contribution in [3.05, 3.63) is 16.9 Å². The van der Waals surface area contributed by atoms with Gasteiger partial charge in [0.1, 0.15) is 5.15 Å². The van der Waals surface area contributed by atoms with Crippen molar-refractivity contribution in [2.24, 2.45) is 7.05 Å². The average molecular weight is 261 g/mol. The number of rotatable bonds is 5. The summed E-state index contributed by atoms with van der Waals surface area (Å²) < 4.78 is 1.41. The first-order valence-electron chi connectivity index (χ1n) is 5.20. The van der Waals surface area contributed by atoms with Crippen LogP contribution >= 0.6 is 11.6 Å². The second-order valence-corrected chi connectivity index (χ2v) is 4.46. The molecule has 0 fully saturated rings. The number of carbonyl (C=O) groups excluding carboxylic acids is 1.